The molecule has 0 atom stereocenters. The fourth-order valence-corrected chi connectivity index (χ4v) is 0.859. The summed E-state index contributed by atoms with van der Waals surface area (Å²) in [5, 5.41) is 0. The summed E-state index contributed by atoms with van der Waals surface area (Å²) in [6.07, 6.45) is 5.87. The molecule has 4 nitrogen and oxygen atoms in total. The van der Waals surface area contributed by atoms with Crippen molar-refractivity contribution in [2.24, 2.45) is 0 Å². The lowest BCUT2D eigenvalue weighted by Crippen LogP contribution is -1.98. The molecule has 0 aromatic heterocycles. The van der Waals surface area contributed by atoms with E-state index in [0.29, 0.717) is 6.42 Å². The van der Waals surface area contributed by atoms with Gasteiger partial charge in [0.25, 0.3) is 0 Å². The second-order valence-corrected chi connectivity index (χ2v) is 3.17. The topological polar surface area (TPSA) is 52.6 Å². The minimum Gasteiger partial charge on any atom is -0.435 e. The van der Waals surface area contributed by atoms with Crippen molar-refractivity contribution >= 4 is 23.5 Å². The number of carbonyl (C=O) groups excluding carboxylic acids is 2. The molecule has 0 aliphatic carbocycles. The van der Waals surface area contributed by atoms with Crippen molar-refractivity contribution in [3.05, 3.63) is 25.7 Å². The first kappa shape index (κ1) is 18.1. The number of hydrogen-bond donors (Lipinski definition) is 0. The van der Waals surface area contributed by atoms with Gasteiger partial charge >= 0.3 is 11.9 Å². The van der Waals surface area contributed by atoms with Gasteiger partial charge in [0, 0.05) is 6.42 Å². The van der Waals surface area contributed by atoms with Crippen LogP contribution in [0.25, 0.3) is 0 Å². The summed E-state index contributed by atoms with van der Waals surface area (Å²) in [4.78, 5) is 20.6. The molecule has 0 fully saturated rings. The lowest BCUT2D eigenvalue weighted by molar-refractivity contribution is -0.138. The molecule has 0 aliphatic heterocycles. The number of esters is 2. The number of halogens is 1. The molecular weight excluding hydrogens is 244 g/mol. The third kappa shape index (κ3) is 17.3. The van der Waals surface area contributed by atoms with Crippen LogP contribution in [0.15, 0.2) is 25.7 Å². The van der Waals surface area contributed by atoms with Crippen LogP contribution in [-0.4, -0.2) is 17.8 Å². The Hall–Kier alpha value is -1.29. The summed E-state index contributed by atoms with van der Waals surface area (Å²) in [7, 11) is 0. The van der Waals surface area contributed by atoms with Gasteiger partial charge in [-0.05, 0) is 6.42 Å². The summed E-state index contributed by atoms with van der Waals surface area (Å²) in [6.45, 7) is 8.53. The van der Waals surface area contributed by atoms with E-state index < -0.39 is 5.97 Å². The first-order valence-corrected chi connectivity index (χ1v) is 5.82. The van der Waals surface area contributed by atoms with Crippen LogP contribution in [0.4, 0.5) is 0 Å². The normalized spacial score (nSPS) is 8.35. The maximum Gasteiger partial charge on any atom is 0.325 e. The number of hydrogen-bond acceptors (Lipinski definition) is 4. The molecule has 0 aliphatic rings. The molecule has 0 spiro atoms. The number of rotatable bonds is 7. The fourth-order valence-electron chi connectivity index (χ4n) is 0.796. The molecule has 0 bridgehead atoms. The monoisotopic (exact) mass is 262 g/mol. The van der Waals surface area contributed by atoms with Gasteiger partial charge < -0.3 is 9.47 Å². The van der Waals surface area contributed by atoms with Crippen molar-refractivity contribution in [3.8, 4) is 0 Å². The third-order valence-electron chi connectivity index (χ3n) is 1.52. The third-order valence-corrected chi connectivity index (χ3v) is 1.74. The molecular formula is C12H19ClO4. The summed E-state index contributed by atoms with van der Waals surface area (Å²) in [5.74, 6) is -0.772. The van der Waals surface area contributed by atoms with Crippen molar-refractivity contribution in [3.63, 3.8) is 0 Å². The van der Waals surface area contributed by atoms with Crippen LogP contribution in [-0.2, 0) is 19.1 Å². The van der Waals surface area contributed by atoms with E-state index in [0.717, 1.165) is 25.5 Å². The Bertz CT molecular complexity index is 239. The van der Waals surface area contributed by atoms with Gasteiger partial charge in [-0.25, -0.2) is 0 Å². The number of alkyl halides is 1. The zero-order chi connectivity index (χ0) is 13.5. The SMILES string of the molecule is C=COC(=O)CCCCC.C=COC(=O)CCl. The lowest BCUT2D eigenvalue weighted by Gasteiger charge is -1.96. The molecule has 0 rings (SSSR count). The average molecular weight is 263 g/mol. The van der Waals surface area contributed by atoms with E-state index in [4.69, 9.17) is 11.6 Å². The summed E-state index contributed by atoms with van der Waals surface area (Å²) >= 11 is 5.01. The van der Waals surface area contributed by atoms with E-state index >= 15 is 0 Å². The molecule has 0 saturated heterocycles. The van der Waals surface area contributed by atoms with E-state index in [1.807, 2.05) is 0 Å². The van der Waals surface area contributed by atoms with Crippen LogP contribution in [0.2, 0.25) is 0 Å². The second-order valence-electron chi connectivity index (χ2n) is 2.90. The molecule has 0 aromatic carbocycles. The minimum atomic E-state index is -0.475. The van der Waals surface area contributed by atoms with Crippen LogP contribution in [0.3, 0.4) is 0 Å². The van der Waals surface area contributed by atoms with Gasteiger partial charge in [-0.1, -0.05) is 32.9 Å². The number of unbranched alkanes of at least 4 members (excludes halogenated alkanes) is 2. The van der Waals surface area contributed by atoms with Gasteiger partial charge in [0.05, 0.1) is 12.5 Å². The molecule has 0 N–H and O–H groups in total. The Morgan fingerprint density at radius 1 is 1.12 bits per heavy atom. The minimum absolute atomic E-state index is 0.119. The van der Waals surface area contributed by atoms with Crippen LogP contribution in [0.5, 0.6) is 0 Å². The smallest absolute Gasteiger partial charge is 0.325 e. The Labute approximate surface area is 107 Å². The molecule has 0 radical (unpaired) electrons. The van der Waals surface area contributed by atoms with Gasteiger partial charge in [-0.15, -0.1) is 11.6 Å². The number of ether oxygens (including phenoxy) is 2. The van der Waals surface area contributed by atoms with Crippen LogP contribution >= 0.6 is 11.6 Å². The standard InChI is InChI=1S/C8H14O2.C4H5ClO2/c1-3-5-6-7-8(9)10-4-2;1-2-7-4(6)3-5/h4H,2-3,5-7H2,1H3;2H,1,3H2. The van der Waals surface area contributed by atoms with Gasteiger partial charge in [-0.3, -0.25) is 9.59 Å². The maximum absolute atomic E-state index is 10.6. The largest absolute Gasteiger partial charge is 0.435 e. The van der Waals surface area contributed by atoms with Crippen molar-refractivity contribution in [1.82, 2.24) is 0 Å². The van der Waals surface area contributed by atoms with Crippen LogP contribution in [0, 0.1) is 0 Å². The van der Waals surface area contributed by atoms with Gasteiger partial charge in [0.1, 0.15) is 5.88 Å². The Kier molecular flexibility index (Phi) is 15.6. The average Bonchev–Trinajstić information content (AvgIpc) is 2.31. The lowest BCUT2D eigenvalue weighted by atomic mass is 10.2. The molecule has 0 saturated carbocycles. The molecule has 5 heteroatoms. The predicted octanol–water partition coefficient (Wildman–Crippen LogP) is 3.17. The Morgan fingerprint density at radius 2 is 1.65 bits per heavy atom. The summed E-state index contributed by atoms with van der Waals surface area (Å²) in [6, 6.07) is 0. The highest BCUT2D eigenvalue weighted by molar-refractivity contribution is 6.26. The van der Waals surface area contributed by atoms with E-state index in [1.165, 1.54) is 6.26 Å². The van der Waals surface area contributed by atoms with Crippen molar-refractivity contribution in [2.45, 2.75) is 32.6 Å². The Morgan fingerprint density at radius 3 is 2.00 bits per heavy atom. The van der Waals surface area contributed by atoms with Crippen LogP contribution < -0.4 is 0 Å². The predicted molar refractivity (Wildman–Crippen MR) is 67.4 cm³/mol. The van der Waals surface area contributed by atoms with E-state index in [-0.39, 0.29) is 11.8 Å². The van der Waals surface area contributed by atoms with Crippen molar-refractivity contribution < 1.29 is 19.1 Å². The highest BCUT2D eigenvalue weighted by Gasteiger charge is 1.97. The zero-order valence-corrected chi connectivity index (χ0v) is 10.9. The fraction of sp³-hybridized carbons (Fsp3) is 0.500. The van der Waals surface area contributed by atoms with E-state index in [1.54, 1.807) is 0 Å². The molecule has 0 aromatic rings. The molecule has 98 valence electrons. The highest BCUT2D eigenvalue weighted by atomic mass is 35.5. The molecule has 17 heavy (non-hydrogen) atoms. The highest BCUT2D eigenvalue weighted by Crippen LogP contribution is 1.99. The molecule has 0 heterocycles. The Balaban J connectivity index is 0. The second kappa shape index (κ2) is 14.7. The van der Waals surface area contributed by atoms with Gasteiger partial charge in [0.15, 0.2) is 0 Å². The molecule has 0 amide bonds. The first-order chi connectivity index (χ1) is 8.12. The van der Waals surface area contributed by atoms with E-state index in [9.17, 15) is 9.59 Å². The maximum atomic E-state index is 10.6. The summed E-state index contributed by atoms with van der Waals surface area (Å²) in [5.41, 5.74) is 0. The summed E-state index contributed by atoms with van der Waals surface area (Å²) < 4.78 is 8.70. The van der Waals surface area contributed by atoms with Crippen molar-refractivity contribution in [1.29, 1.82) is 0 Å². The van der Waals surface area contributed by atoms with E-state index in [2.05, 4.69) is 29.6 Å². The van der Waals surface area contributed by atoms with Gasteiger partial charge in [-0.2, -0.15) is 0 Å². The first-order valence-electron chi connectivity index (χ1n) is 5.29. The van der Waals surface area contributed by atoms with Crippen LogP contribution in [0.1, 0.15) is 32.6 Å². The van der Waals surface area contributed by atoms with Crippen molar-refractivity contribution in [2.75, 3.05) is 5.88 Å². The molecule has 0 unspecified atom stereocenters. The quantitative estimate of drug-likeness (QED) is 0.306. The number of carbonyl (C=O) groups is 2. The van der Waals surface area contributed by atoms with Gasteiger partial charge in [0.2, 0.25) is 0 Å². The zero-order valence-electron chi connectivity index (χ0n) is 10.1.